The van der Waals surface area contributed by atoms with Gasteiger partial charge < -0.3 is 10.0 Å². The topological polar surface area (TPSA) is 77.9 Å². The molecule has 0 bridgehead atoms. The second-order valence-electron chi connectivity index (χ2n) is 8.15. The van der Waals surface area contributed by atoms with Gasteiger partial charge in [-0.2, -0.15) is 4.31 Å². The Labute approximate surface area is 166 Å². The van der Waals surface area contributed by atoms with Crippen LogP contribution in [-0.4, -0.2) is 65.7 Å². The van der Waals surface area contributed by atoms with E-state index in [4.69, 9.17) is 0 Å². The van der Waals surface area contributed by atoms with Crippen LogP contribution in [0.2, 0.25) is 0 Å². The van der Waals surface area contributed by atoms with Crippen LogP contribution in [0.15, 0.2) is 30.3 Å². The Morgan fingerprint density at radius 3 is 2.39 bits per heavy atom. The van der Waals surface area contributed by atoms with Crippen molar-refractivity contribution in [1.29, 1.82) is 0 Å². The van der Waals surface area contributed by atoms with Gasteiger partial charge in [-0.05, 0) is 37.8 Å². The molecule has 152 valence electrons. The molecule has 1 amide bonds. The number of aliphatic hydroxyl groups is 1. The lowest BCUT2D eigenvalue weighted by molar-refractivity contribution is -0.190. The molecule has 1 aliphatic carbocycles. The monoisotopic (exact) mass is 404 g/mol. The van der Waals surface area contributed by atoms with Crippen molar-refractivity contribution in [3.63, 3.8) is 0 Å². The molecule has 7 heteroatoms. The minimum Gasteiger partial charge on any atom is -0.394 e. The van der Waals surface area contributed by atoms with Crippen LogP contribution in [-0.2, 0) is 14.8 Å². The van der Waals surface area contributed by atoms with Gasteiger partial charge in [-0.15, -0.1) is 0 Å². The molecule has 2 aliphatic heterocycles. The number of amides is 1. The molecule has 1 aromatic carbocycles. The van der Waals surface area contributed by atoms with E-state index in [9.17, 15) is 18.3 Å². The van der Waals surface area contributed by atoms with Crippen LogP contribution in [0.3, 0.4) is 0 Å². The van der Waals surface area contributed by atoms with Crippen molar-refractivity contribution < 1.29 is 18.3 Å². The molecule has 1 saturated carbocycles. The maximum Gasteiger partial charge on any atom is 0.226 e. The number of sulfonamides is 1. The number of nitrogens with zero attached hydrogens (tertiary/aromatic N) is 2. The molecular formula is C21H28N2O4S. The number of benzene rings is 1. The Bertz CT molecular complexity index is 883. The summed E-state index contributed by atoms with van der Waals surface area (Å²) in [5, 5.41) is 10.1. The molecule has 1 aromatic rings. The van der Waals surface area contributed by atoms with Crippen molar-refractivity contribution in [2.24, 2.45) is 5.92 Å². The van der Waals surface area contributed by atoms with Crippen LogP contribution in [0.1, 0.15) is 43.7 Å². The molecule has 2 heterocycles. The van der Waals surface area contributed by atoms with Crippen LogP contribution >= 0.6 is 0 Å². The van der Waals surface area contributed by atoms with Crippen molar-refractivity contribution in [1.82, 2.24) is 9.21 Å². The van der Waals surface area contributed by atoms with Gasteiger partial charge in [-0.3, -0.25) is 4.79 Å². The fraction of sp³-hybridized carbons (Fsp3) is 0.571. The number of carbonyl (C=O) groups excluding carboxylic acids is 1. The van der Waals surface area contributed by atoms with Gasteiger partial charge in [0, 0.05) is 24.9 Å². The third-order valence-corrected chi connectivity index (χ3v) is 8.21. The van der Waals surface area contributed by atoms with Gasteiger partial charge in [0.25, 0.3) is 0 Å². The van der Waals surface area contributed by atoms with E-state index in [-0.39, 0.29) is 36.1 Å². The van der Waals surface area contributed by atoms with Gasteiger partial charge in [-0.25, -0.2) is 8.42 Å². The van der Waals surface area contributed by atoms with Gasteiger partial charge >= 0.3 is 0 Å². The van der Waals surface area contributed by atoms with Crippen molar-refractivity contribution in [2.45, 2.75) is 44.2 Å². The zero-order valence-electron chi connectivity index (χ0n) is 16.4. The first-order chi connectivity index (χ1) is 13.4. The Kier molecular flexibility index (Phi) is 4.88. The normalized spacial score (nSPS) is 27.0. The highest BCUT2D eigenvalue weighted by molar-refractivity contribution is 7.89. The summed E-state index contributed by atoms with van der Waals surface area (Å²) in [6, 6.07) is 7.86. The second kappa shape index (κ2) is 6.97. The maximum absolute atomic E-state index is 12.9. The highest BCUT2D eigenvalue weighted by Gasteiger charge is 2.69. The summed E-state index contributed by atoms with van der Waals surface area (Å²) in [6.45, 7) is 4.14. The minimum atomic E-state index is -3.28. The molecule has 0 aromatic heterocycles. The van der Waals surface area contributed by atoms with Gasteiger partial charge in [0.2, 0.25) is 15.9 Å². The van der Waals surface area contributed by atoms with Gasteiger partial charge in [0.1, 0.15) is 0 Å². The lowest BCUT2D eigenvalue weighted by Gasteiger charge is -2.70. The van der Waals surface area contributed by atoms with E-state index in [0.29, 0.717) is 13.1 Å². The maximum atomic E-state index is 12.9. The predicted molar refractivity (Wildman–Crippen MR) is 108 cm³/mol. The molecule has 3 fully saturated rings. The van der Waals surface area contributed by atoms with Gasteiger partial charge in [-0.1, -0.05) is 36.4 Å². The number of likely N-dealkylation sites (tertiary alicyclic amines) is 1. The summed E-state index contributed by atoms with van der Waals surface area (Å²) in [4.78, 5) is 14.8. The Hall–Kier alpha value is -1.70. The predicted octanol–water partition coefficient (Wildman–Crippen LogP) is 1.82. The van der Waals surface area contributed by atoms with Crippen molar-refractivity contribution in [3.8, 4) is 0 Å². The molecule has 0 unspecified atom stereocenters. The molecular weight excluding hydrogens is 376 g/mol. The standard InChI is InChI=1S/C21H28N2O4S/c1-3-5-15-6-8-16(9-7-15)19-18(12-24)23(20(25)17-10-11-17)21(19)13-22(14-21)28(26,27)4-2/h3,5-9,17-19,24H,4,10-14H2,1-2H3/b5-3+/t18-,19-/m1/s1. The van der Waals surface area contributed by atoms with Gasteiger partial charge in [0.15, 0.2) is 0 Å². The first kappa shape index (κ1) is 19.6. The zero-order valence-corrected chi connectivity index (χ0v) is 17.2. The minimum absolute atomic E-state index is 0.0424. The number of hydrogen-bond acceptors (Lipinski definition) is 4. The molecule has 28 heavy (non-hydrogen) atoms. The van der Waals surface area contributed by atoms with Crippen molar-refractivity contribution >= 4 is 22.0 Å². The first-order valence-electron chi connectivity index (χ1n) is 10.0. The third kappa shape index (κ3) is 2.91. The van der Waals surface area contributed by atoms with Crippen LogP contribution in [0.5, 0.6) is 0 Å². The SMILES string of the molecule is C/C=C/c1ccc([C@@H]2[C@@H](CO)N(C(=O)C3CC3)C23CN(S(=O)(=O)CC)C3)cc1. The zero-order chi connectivity index (χ0) is 20.1. The molecule has 3 aliphatic rings. The number of hydrogen-bond donors (Lipinski definition) is 1. The van der Waals surface area contributed by atoms with E-state index in [1.165, 1.54) is 4.31 Å². The molecule has 1 spiro atoms. The van der Waals surface area contributed by atoms with Crippen molar-refractivity contribution in [3.05, 3.63) is 41.5 Å². The Balaban J connectivity index is 1.66. The third-order valence-electron chi connectivity index (χ3n) is 6.44. The molecule has 0 radical (unpaired) electrons. The smallest absolute Gasteiger partial charge is 0.226 e. The van der Waals surface area contributed by atoms with E-state index in [1.54, 1.807) is 6.92 Å². The summed E-state index contributed by atoms with van der Waals surface area (Å²) < 4.78 is 26.1. The quantitative estimate of drug-likeness (QED) is 0.785. The van der Waals surface area contributed by atoms with E-state index in [1.807, 2.05) is 48.2 Å². The number of carbonyl (C=O) groups is 1. The largest absolute Gasteiger partial charge is 0.394 e. The number of aliphatic hydroxyl groups excluding tert-OH is 1. The molecule has 1 N–H and O–H groups in total. The average Bonchev–Trinajstić information content (AvgIpc) is 3.46. The van der Waals surface area contributed by atoms with Crippen LogP contribution in [0.4, 0.5) is 0 Å². The van der Waals surface area contributed by atoms with Gasteiger partial charge in [0.05, 0.1) is 23.9 Å². The average molecular weight is 405 g/mol. The van der Waals surface area contributed by atoms with E-state index in [0.717, 1.165) is 24.0 Å². The van der Waals surface area contributed by atoms with Crippen LogP contribution in [0, 0.1) is 5.92 Å². The number of allylic oxidation sites excluding steroid dienone is 1. The summed E-state index contributed by atoms with van der Waals surface area (Å²) >= 11 is 0. The Morgan fingerprint density at radius 1 is 1.25 bits per heavy atom. The molecule has 2 atom stereocenters. The fourth-order valence-corrected chi connectivity index (χ4v) is 6.04. The summed E-state index contributed by atoms with van der Waals surface area (Å²) in [6.07, 6.45) is 5.78. The molecule has 2 saturated heterocycles. The summed E-state index contributed by atoms with van der Waals surface area (Å²) in [5.74, 6) is 0.129. The van der Waals surface area contributed by atoms with E-state index >= 15 is 0 Å². The highest BCUT2D eigenvalue weighted by atomic mass is 32.2. The van der Waals surface area contributed by atoms with E-state index in [2.05, 4.69) is 0 Å². The lowest BCUT2D eigenvalue weighted by Crippen LogP contribution is -2.86. The lowest BCUT2D eigenvalue weighted by atomic mass is 9.61. The molecule has 4 rings (SSSR count). The fourth-order valence-electron chi connectivity index (χ4n) is 4.83. The summed E-state index contributed by atoms with van der Waals surface area (Å²) in [7, 11) is -3.28. The Morgan fingerprint density at radius 2 is 1.89 bits per heavy atom. The summed E-state index contributed by atoms with van der Waals surface area (Å²) in [5.41, 5.74) is 1.62. The van der Waals surface area contributed by atoms with Crippen LogP contribution in [0.25, 0.3) is 6.08 Å². The number of rotatable bonds is 6. The second-order valence-corrected chi connectivity index (χ2v) is 10.4. The first-order valence-corrected chi connectivity index (χ1v) is 11.6. The molecule has 6 nitrogen and oxygen atoms in total. The van der Waals surface area contributed by atoms with Crippen molar-refractivity contribution in [2.75, 3.05) is 25.4 Å². The highest BCUT2D eigenvalue weighted by Crippen LogP contribution is 2.56. The van der Waals surface area contributed by atoms with E-state index < -0.39 is 15.6 Å². The van der Waals surface area contributed by atoms with Crippen LogP contribution < -0.4 is 0 Å².